The highest BCUT2D eigenvalue weighted by atomic mass is 35.5. The van der Waals surface area contributed by atoms with Gasteiger partial charge in [-0.3, -0.25) is 4.79 Å². The maximum Gasteiger partial charge on any atom is 0.307 e. The first-order valence-corrected chi connectivity index (χ1v) is 4.71. The highest BCUT2D eigenvalue weighted by Crippen LogP contribution is 2.15. The molecule has 0 aliphatic rings. The second kappa shape index (κ2) is 5.62. The van der Waals surface area contributed by atoms with Gasteiger partial charge in [0.2, 0.25) is 0 Å². The maximum absolute atomic E-state index is 11.0. The van der Waals surface area contributed by atoms with E-state index in [1.54, 1.807) is 6.07 Å². The van der Waals surface area contributed by atoms with Crippen LogP contribution in [-0.2, 0) is 16.1 Å². The molecule has 0 radical (unpaired) electrons. The summed E-state index contributed by atoms with van der Waals surface area (Å²) in [6.07, 6.45) is 0.241. The Morgan fingerprint density at radius 3 is 2.79 bits per heavy atom. The van der Waals surface area contributed by atoms with Gasteiger partial charge in [-0.05, 0) is 6.07 Å². The molecule has 0 spiro atoms. The summed E-state index contributed by atoms with van der Waals surface area (Å²) < 4.78 is 4.95. The molecule has 2 N–H and O–H groups in total. The van der Waals surface area contributed by atoms with Gasteiger partial charge in [0.15, 0.2) is 0 Å². The molecule has 0 bridgehead atoms. The van der Waals surface area contributed by atoms with Crippen LogP contribution in [0.1, 0.15) is 12.0 Å². The van der Waals surface area contributed by atoms with Gasteiger partial charge in [0.05, 0.1) is 6.42 Å². The fourth-order valence-electron chi connectivity index (χ4n) is 0.964. The number of hydrogen-bond donors (Lipinski definition) is 1. The summed E-state index contributed by atoms with van der Waals surface area (Å²) in [6.45, 7) is 0.514. The van der Waals surface area contributed by atoms with Crippen LogP contribution in [0.4, 0.5) is 0 Å². The van der Waals surface area contributed by atoms with E-state index in [1.807, 2.05) is 18.2 Å². The lowest BCUT2D eigenvalue weighted by atomic mass is 10.2. The SMILES string of the molecule is NCCC(=O)OCc1ccccc1Cl. The molecule has 0 heterocycles. The fourth-order valence-corrected chi connectivity index (χ4v) is 1.15. The van der Waals surface area contributed by atoms with Gasteiger partial charge in [-0.2, -0.15) is 0 Å². The summed E-state index contributed by atoms with van der Waals surface area (Å²) in [5, 5.41) is 0.605. The molecule has 1 aromatic rings. The molecule has 4 heteroatoms. The van der Waals surface area contributed by atoms with E-state index in [1.165, 1.54) is 0 Å². The van der Waals surface area contributed by atoms with Gasteiger partial charge in [0.1, 0.15) is 6.61 Å². The van der Waals surface area contributed by atoms with E-state index in [0.717, 1.165) is 5.56 Å². The average Bonchev–Trinajstić information content (AvgIpc) is 2.17. The van der Waals surface area contributed by atoms with Crippen LogP contribution in [0.15, 0.2) is 24.3 Å². The average molecular weight is 214 g/mol. The maximum atomic E-state index is 11.0. The molecule has 0 aliphatic heterocycles. The van der Waals surface area contributed by atoms with Gasteiger partial charge in [-0.1, -0.05) is 29.8 Å². The zero-order valence-electron chi connectivity index (χ0n) is 7.70. The fraction of sp³-hybridized carbons (Fsp3) is 0.300. The molecular formula is C10H12ClNO2. The molecule has 0 fully saturated rings. The Hall–Kier alpha value is -1.06. The Morgan fingerprint density at radius 2 is 2.14 bits per heavy atom. The van der Waals surface area contributed by atoms with Crippen molar-refractivity contribution >= 4 is 17.6 Å². The predicted octanol–water partition coefficient (Wildman–Crippen LogP) is 1.73. The molecule has 14 heavy (non-hydrogen) atoms. The van der Waals surface area contributed by atoms with E-state index >= 15 is 0 Å². The lowest BCUT2D eigenvalue weighted by Crippen LogP contribution is -2.11. The predicted molar refractivity (Wildman–Crippen MR) is 54.9 cm³/mol. The lowest BCUT2D eigenvalue weighted by molar-refractivity contribution is -0.144. The largest absolute Gasteiger partial charge is 0.461 e. The third-order valence-electron chi connectivity index (χ3n) is 1.69. The van der Waals surface area contributed by atoms with Crippen LogP contribution in [0.3, 0.4) is 0 Å². The Balaban J connectivity index is 2.46. The Kier molecular flexibility index (Phi) is 4.43. The zero-order chi connectivity index (χ0) is 10.4. The number of hydrogen-bond acceptors (Lipinski definition) is 3. The first-order valence-electron chi connectivity index (χ1n) is 4.33. The molecule has 3 nitrogen and oxygen atoms in total. The highest BCUT2D eigenvalue weighted by molar-refractivity contribution is 6.31. The standard InChI is InChI=1S/C10H12ClNO2/c11-9-4-2-1-3-8(9)7-14-10(13)5-6-12/h1-4H,5-7,12H2. The molecule has 0 aromatic heterocycles. The van der Waals surface area contributed by atoms with Crippen molar-refractivity contribution in [3.8, 4) is 0 Å². The Morgan fingerprint density at radius 1 is 1.43 bits per heavy atom. The van der Waals surface area contributed by atoms with Crippen molar-refractivity contribution in [1.29, 1.82) is 0 Å². The van der Waals surface area contributed by atoms with Gasteiger partial charge in [-0.25, -0.2) is 0 Å². The third-order valence-corrected chi connectivity index (χ3v) is 2.06. The number of rotatable bonds is 4. The highest BCUT2D eigenvalue weighted by Gasteiger charge is 2.03. The summed E-state index contributed by atoms with van der Waals surface area (Å²) in [5.74, 6) is -0.299. The van der Waals surface area contributed by atoms with Crippen molar-refractivity contribution in [2.75, 3.05) is 6.54 Å². The van der Waals surface area contributed by atoms with Crippen molar-refractivity contribution in [3.63, 3.8) is 0 Å². The van der Waals surface area contributed by atoms with E-state index in [0.29, 0.717) is 11.6 Å². The van der Waals surface area contributed by atoms with Gasteiger partial charge < -0.3 is 10.5 Å². The molecule has 1 rings (SSSR count). The van der Waals surface area contributed by atoms with Crippen molar-refractivity contribution < 1.29 is 9.53 Å². The molecule has 0 aliphatic carbocycles. The molecule has 0 unspecified atom stereocenters. The van der Waals surface area contributed by atoms with E-state index in [4.69, 9.17) is 22.1 Å². The Labute approximate surface area is 87.8 Å². The number of benzene rings is 1. The summed E-state index contributed by atoms with van der Waals surface area (Å²) in [4.78, 5) is 11.0. The van der Waals surface area contributed by atoms with Gasteiger partial charge in [0.25, 0.3) is 0 Å². The second-order valence-corrected chi connectivity index (χ2v) is 3.20. The van der Waals surface area contributed by atoms with Crippen molar-refractivity contribution in [2.24, 2.45) is 5.73 Å². The topological polar surface area (TPSA) is 52.3 Å². The molecule has 0 amide bonds. The van der Waals surface area contributed by atoms with Crippen LogP contribution in [0, 0.1) is 0 Å². The van der Waals surface area contributed by atoms with Crippen molar-refractivity contribution in [3.05, 3.63) is 34.9 Å². The molecule has 0 saturated carbocycles. The minimum Gasteiger partial charge on any atom is -0.461 e. The van der Waals surface area contributed by atoms with Crippen molar-refractivity contribution in [1.82, 2.24) is 0 Å². The lowest BCUT2D eigenvalue weighted by Gasteiger charge is -2.05. The van der Waals surface area contributed by atoms with E-state index in [-0.39, 0.29) is 19.0 Å². The molecule has 1 aromatic carbocycles. The van der Waals surface area contributed by atoms with Gasteiger partial charge in [0, 0.05) is 17.1 Å². The van der Waals surface area contributed by atoms with E-state index < -0.39 is 0 Å². The summed E-state index contributed by atoms with van der Waals surface area (Å²) in [7, 11) is 0. The van der Waals surface area contributed by atoms with Crippen LogP contribution in [0.5, 0.6) is 0 Å². The molecule has 76 valence electrons. The van der Waals surface area contributed by atoms with Crippen LogP contribution in [0.25, 0.3) is 0 Å². The smallest absolute Gasteiger partial charge is 0.307 e. The Bertz CT molecular complexity index is 315. The van der Waals surface area contributed by atoms with Gasteiger partial charge >= 0.3 is 5.97 Å². The second-order valence-electron chi connectivity index (χ2n) is 2.79. The van der Waals surface area contributed by atoms with Crippen LogP contribution < -0.4 is 5.73 Å². The van der Waals surface area contributed by atoms with Crippen LogP contribution in [-0.4, -0.2) is 12.5 Å². The molecule has 0 saturated heterocycles. The van der Waals surface area contributed by atoms with E-state index in [2.05, 4.69) is 0 Å². The first kappa shape index (κ1) is 11.0. The number of esters is 1. The van der Waals surface area contributed by atoms with Crippen molar-refractivity contribution in [2.45, 2.75) is 13.0 Å². The molecule has 0 atom stereocenters. The normalized spacial score (nSPS) is 9.86. The first-order chi connectivity index (χ1) is 6.74. The minimum absolute atomic E-state index is 0.207. The number of carbonyl (C=O) groups is 1. The number of carbonyl (C=O) groups excluding carboxylic acids is 1. The quantitative estimate of drug-likeness (QED) is 0.775. The number of nitrogens with two attached hydrogens (primary N) is 1. The summed E-state index contributed by atoms with van der Waals surface area (Å²) >= 11 is 5.87. The summed E-state index contributed by atoms with van der Waals surface area (Å²) in [5.41, 5.74) is 6.01. The number of ether oxygens (including phenoxy) is 1. The monoisotopic (exact) mass is 213 g/mol. The third kappa shape index (κ3) is 3.36. The van der Waals surface area contributed by atoms with E-state index in [9.17, 15) is 4.79 Å². The van der Waals surface area contributed by atoms with Gasteiger partial charge in [-0.15, -0.1) is 0 Å². The summed E-state index contributed by atoms with van der Waals surface area (Å²) in [6, 6.07) is 7.25. The molecular weight excluding hydrogens is 202 g/mol. The minimum atomic E-state index is -0.299. The zero-order valence-corrected chi connectivity index (χ0v) is 8.46. The van der Waals surface area contributed by atoms with Crippen LogP contribution in [0.2, 0.25) is 5.02 Å². The number of halogens is 1. The van der Waals surface area contributed by atoms with Crippen LogP contribution >= 0.6 is 11.6 Å².